The van der Waals surface area contributed by atoms with Crippen molar-refractivity contribution in [2.75, 3.05) is 12.4 Å². The van der Waals surface area contributed by atoms with Crippen LogP contribution in [0.3, 0.4) is 0 Å². The van der Waals surface area contributed by atoms with Crippen LogP contribution in [-0.2, 0) is 19.4 Å². The molecule has 5 nitrogen and oxygen atoms in total. The molecule has 3 atom stereocenters. The lowest BCUT2D eigenvalue weighted by Crippen LogP contribution is -2.26. The molecule has 0 aliphatic heterocycles. The van der Waals surface area contributed by atoms with Crippen LogP contribution in [0.4, 0.5) is 0 Å². The highest BCUT2D eigenvalue weighted by Gasteiger charge is 2.77. The zero-order valence-electron chi connectivity index (χ0n) is 12.2. The summed E-state index contributed by atoms with van der Waals surface area (Å²) in [7, 11) is -3.55. The Bertz CT molecular complexity index is 723. The first kappa shape index (κ1) is 17.0. The van der Waals surface area contributed by atoms with Crippen molar-refractivity contribution in [2.45, 2.75) is 25.0 Å². The fraction of sp³-hybridized carbons (Fsp3) is 0.467. The predicted octanol–water partition coefficient (Wildman–Crippen LogP) is 2.42. The number of rotatable bonds is 5. The summed E-state index contributed by atoms with van der Waals surface area (Å²) in [6, 6.07) is 8.90. The number of benzene rings is 1. The third-order valence-electron chi connectivity index (χ3n) is 3.95. The zero-order chi connectivity index (χ0) is 16.5. The van der Waals surface area contributed by atoms with Gasteiger partial charge < -0.3 is 4.74 Å². The van der Waals surface area contributed by atoms with E-state index in [2.05, 4.69) is 15.9 Å². The Hall–Kier alpha value is -1.39. The van der Waals surface area contributed by atoms with Crippen LogP contribution in [0.15, 0.2) is 28.7 Å². The molecule has 0 saturated heterocycles. The number of sulfone groups is 1. The number of hydrogen-bond acceptors (Lipinski definition) is 5. The van der Waals surface area contributed by atoms with Gasteiger partial charge in [0.2, 0.25) is 0 Å². The third kappa shape index (κ3) is 2.55. The highest BCUT2D eigenvalue weighted by Crippen LogP contribution is 2.63. The molecule has 0 amide bonds. The molecule has 0 heterocycles. The second kappa shape index (κ2) is 6.01. The molecule has 22 heavy (non-hydrogen) atoms. The minimum atomic E-state index is -3.55. The van der Waals surface area contributed by atoms with Crippen LogP contribution in [0.25, 0.3) is 0 Å². The van der Waals surface area contributed by atoms with Crippen LogP contribution in [0.1, 0.15) is 25.3 Å². The number of carbonyl (C=O) groups excluding carboxylic acids is 1. The Balaban J connectivity index is 2.52. The second-order valence-corrected chi connectivity index (χ2v) is 8.43. The van der Waals surface area contributed by atoms with E-state index in [9.17, 15) is 18.5 Å². The largest absolute Gasteiger partial charge is 0.465 e. The van der Waals surface area contributed by atoms with Crippen LogP contribution in [0.5, 0.6) is 0 Å². The quantitative estimate of drug-likeness (QED) is 0.726. The molecule has 1 fully saturated rings. The Morgan fingerprint density at radius 1 is 1.36 bits per heavy atom. The van der Waals surface area contributed by atoms with Gasteiger partial charge in [0.25, 0.3) is 0 Å². The van der Waals surface area contributed by atoms with Crippen molar-refractivity contribution >= 4 is 31.7 Å². The average molecular weight is 386 g/mol. The number of ether oxygens (including phenoxy) is 1. The summed E-state index contributed by atoms with van der Waals surface area (Å²) in [6.45, 7) is 3.25. The molecule has 3 unspecified atom stereocenters. The first-order valence-corrected chi connectivity index (χ1v) is 9.41. The van der Waals surface area contributed by atoms with E-state index in [0.717, 1.165) is 4.47 Å². The monoisotopic (exact) mass is 385 g/mol. The minimum Gasteiger partial charge on any atom is -0.465 e. The molecule has 1 aliphatic rings. The van der Waals surface area contributed by atoms with Gasteiger partial charge in [-0.1, -0.05) is 35.0 Å². The minimum absolute atomic E-state index is 0.105. The molecule has 0 aromatic heterocycles. The van der Waals surface area contributed by atoms with Crippen molar-refractivity contribution in [1.29, 1.82) is 5.26 Å². The molecular formula is C15H16BrNO4S. The van der Waals surface area contributed by atoms with Gasteiger partial charge in [0, 0.05) is 16.1 Å². The van der Waals surface area contributed by atoms with Crippen molar-refractivity contribution in [3.63, 3.8) is 0 Å². The SMILES string of the molecule is CCOC(=O)C1(C#N)C(c2ccc(Br)cc2)C1S(=O)(=O)CC. The summed E-state index contributed by atoms with van der Waals surface area (Å²) in [5.74, 6) is -1.56. The molecule has 7 heteroatoms. The highest BCUT2D eigenvalue weighted by atomic mass is 79.9. The number of nitriles is 1. The molecule has 118 valence electrons. The summed E-state index contributed by atoms with van der Waals surface area (Å²) < 4.78 is 30.5. The molecule has 1 aromatic rings. The molecule has 2 rings (SSSR count). The van der Waals surface area contributed by atoms with Crippen molar-refractivity contribution < 1.29 is 17.9 Å². The average Bonchev–Trinajstić information content (AvgIpc) is 3.20. The van der Waals surface area contributed by atoms with Gasteiger partial charge in [0.1, 0.15) is 5.25 Å². The Morgan fingerprint density at radius 3 is 2.41 bits per heavy atom. The number of hydrogen-bond donors (Lipinski definition) is 0. The predicted molar refractivity (Wildman–Crippen MR) is 84.8 cm³/mol. The van der Waals surface area contributed by atoms with Gasteiger partial charge in [-0.25, -0.2) is 8.42 Å². The van der Waals surface area contributed by atoms with E-state index < -0.39 is 32.4 Å². The van der Waals surface area contributed by atoms with Crippen LogP contribution < -0.4 is 0 Å². The molecular weight excluding hydrogens is 370 g/mol. The van der Waals surface area contributed by atoms with Gasteiger partial charge >= 0.3 is 5.97 Å². The van der Waals surface area contributed by atoms with E-state index in [1.807, 2.05) is 6.07 Å². The van der Waals surface area contributed by atoms with Crippen molar-refractivity contribution in [1.82, 2.24) is 0 Å². The van der Waals surface area contributed by atoms with E-state index in [1.54, 1.807) is 31.2 Å². The maximum absolute atomic E-state index is 12.3. The van der Waals surface area contributed by atoms with Gasteiger partial charge in [-0.15, -0.1) is 0 Å². The first-order chi connectivity index (χ1) is 10.3. The van der Waals surface area contributed by atoms with Crippen LogP contribution in [-0.4, -0.2) is 32.0 Å². The molecule has 1 aromatic carbocycles. The topological polar surface area (TPSA) is 84.2 Å². The van der Waals surface area contributed by atoms with E-state index in [4.69, 9.17) is 4.74 Å². The number of esters is 1. The smallest absolute Gasteiger partial charge is 0.328 e. The van der Waals surface area contributed by atoms with E-state index >= 15 is 0 Å². The van der Waals surface area contributed by atoms with Crippen LogP contribution in [0.2, 0.25) is 0 Å². The molecule has 0 N–H and O–H groups in total. The zero-order valence-corrected chi connectivity index (χ0v) is 14.6. The lowest BCUT2D eigenvalue weighted by molar-refractivity contribution is -0.147. The van der Waals surface area contributed by atoms with E-state index in [0.29, 0.717) is 5.56 Å². The molecule has 0 radical (unpaired) electrons. The maximum atomic E-state index is 12.3. The highest BCUT2D eigenvalue weighted by molar-refractivity contribution is 9.10. The molecule has 1 saturated carbocycles. The lowest BCUT2D eigenvalue weighted by atomic mass is 10.0. The van der Waals surface area contributed by atoms with E-state index in [-0.39, 0.29) is 12.4 Å². The molecule has 1 aliphatic carbocycles. The van der Waals surface area contributed by atoms with Crippen LogP contribution in [0, 0.1) is 16.7 Å². The molecule has 0 spiro atoms. The summed E-state index contributed by atoms with van der Waals surface area (Å²) in [4.78, 5) is 12.3. The maximum Gasteiger partial charge on any atom is 0.328 e. The van der Waals surface area contributed by atoms with Crippen molar-refractivity contribution in [3.8, 4) is 6.07 Å². The fourth-order valence-electron chi connectivity index (χ4n) is 2.81. The standard InChI is InChI=1S/C15H16BrNO4S/c1-3-21-14(18)15(9-17)12(13(15)22(19,20)4-2)10-5-7-11(16)8-6-10/h5-8,12-13H,3-4H2,1-2H3. The first-order valence-electron chi connectivity index (χ1n) is 6.90. The summed E-state index contributed by atoms with van der Waals surface area (Å²) >= 11 is 3.31. The van der Waals surface area contributed by atoms with Gasteiger partial charge in [-0.2, -0.15) is 5.26 Å². The van der Waals surface area contributed by atoms with Crippen molar-refractivity contribution in [3.05, 3.63) is 34.3 Å². The summed E-state index contributed by atoms with van der Waals surface area (Å²) in [5.41, 5.74) is -0.988. The van der Waals surface area contributed by atoms with Crippen molar-refractivity contribution in [2.24, 2.45) is 5.41 Å². The summed E-state index contributed by atoms with van der Waals surface area (Å²) in [5, 5.41) is 8.50. The number of halogens is 1. The van der Waals surface area contributed by atoms with Gasteiger partial charge in [-0.3, -0.25) is 4.79 Å². The Morgan fingerprint density at radius 2 is 1.95 bits per heavy atom. The fourth-order valence-corrected chi connectivity index (χ4v) is 5.00. The normalized spacial score (nSPS) is 27.0. The number of nitrogens with zero attached hydrogens (tertiary/aromatic N) is 1. The van der Waals surface area contributed by atoms with Gasteiger partial charge in [0.05, 0.1) is 12.7 Å². The molecule has 0 bridgehead atoms. The Kier molecular flexibility index (Phi) is 4.64. The van der Waals surface area contributed by atoms with Gasteiger partial charge in [0.15, 0.2) is 15.3 Å². The Labute approximate surface area is 138 Å². The van der Waals surface area contributed by atoms with Crippen LogP contribution >= 0.6 is 15.9 Å². The summed E-state index contributed by atoms with van der Waals surface area (Å²) in [6.07, 6.45) is 0. The lowest BCUT2D eigenvalue weighted by Gasteiger charge is -2.08. The van der Waals surface area contributed by atoms with E-state index in [1.165, 1.54) is 6.92 Å². The second-order valence-electron chi connectivity index (χ2n) is 5.10. The third-order valence-corrected chi connectivity index (χ3v) is 6.70. The van der Waals surface area contributed by atoms with Gasteiger partial charge in [-0.05, 0) is 24.6 Å². The number of carbonyl (C=O) groups is 1.